The van der Waals surface area contributed by atoms with Crippen LogP contribution >= 0.6 is 24.0 Å². The summed E-state index contributed by atoms with van der Waals surface area (Å²) in [6, 6.07) is 2.03. The van der Waals surface area contributed by atoms with Crippen molar-refractivity contribution < 1.29 is 4.52 Å². The first-order chi connectivity index (χ1) is 12.8. The second kappa shape index (κ2) is 13.5. The molecule has 2 rings (SSSR count). The van der Waals surface area contributed by atoms with Gasteiger partial charge >= 0.3 is 0 Å². The van der Waals surface area contributed by atoms with Gasteiger partial charge in [-0.25, -0.2) is 4.99 Å². The van der Waals surface area contributed by atoms with E-state index in [1.54, 1.807) is 12.7 Å². The Hall–Kier alpha value is -1.65. The van der Waals surface area contributed by atoms with Crippen LogP contribution in [0.2, 0.25) is 0 Å². The number of halogens is 1. The lowest BCUT2D eigenvalue weighted by molar-refractivity contribution is 0.372. The molecule has 0 radical (unpaired) electrons. The van der Waals surface area contributed by atoms with Crippen LogP contribution in [0.15, 0.2) is 28.2 Å². The van der Waals surface area contributed by atoms with Crippen molar-refractivity contribution in [3.63, 3.8) is 0 Å². The van der Waals surface area contributed by atoms with Crippen LogP contribution in [0.25, 0.3) is 0 Å². The van der Waals surface area contributed by atoms with Crippen molar-refractivity contribution in [2.45, 2.75) is 65.5 Å². The van der Waals surface area contributed by atoms with E-state index in [1.165, 1.54) is 0 Å². The van der Waals surface area contributed by atoms with E-state index in [0.29, 0.717) is 12.5 Å². The molecule has 0 aliphatic rings. The molecule has 2 aromatic rings. The van der Waals surface area contributed by atoms with E-state index < -0.39 is 0 Å². The fraction of sp³-hybridized carbons (Fsp3) is 0.667. The lowest BCUT2D eigenvalue weighted by Crippen LogP contribution is -2.37. The van der Waals surface area contributed by atoms with Crippen LogP contribution in [0.4, 0.5) is 0 Å². The summed E-state index contributed by atoms with van der Waals surface area (Å²) >= 11 is 0. The summed E-state index contributed by atoms with van der Waals surface area (Å²) in [6.45, 7) is 9.52. The molecular formula is C18H32IN7O. The number of nitrogens with zero attached hydrogens (tertiary/aromatic N) is 5. The molecule has 8 nitrogen and oxygen atoms in total. The van der Waals surface area contributed by atoms with Crippen molar-refractivity contribution in [3.05, 3.63) is 30.2 Å². The first kappa shape index (κ1) is 23.4. The summed E-state index contributed by atoms with van der Waals surface area (Å²) in [4.78, 5) is 4.59. The number of hydrogen-bond donors (Lipinski definition) is 2. The zero-order valence-corrected chi connectivity index (χ0v) is 18.8. The molecule has 0 bridgehead atoms. The number of unbranched alkanes of at least 4 members (excludes halogenated alkanes) is 1. The summed E-state index contributed by atoms with van der Waals surface area (Å²) in [5.41, 5.74) is 1.03. The van der Waals surface area contributed by atoms with Gasteiger partial charge in [0.05, 0.1) is 5.69 Å². The number of hydrogen-bond acceptors (Lipinski definition) is 5. The van der Waals surface area contributed by atoms with Gasteiger partial charge in [0.1, 0.15) is 19.2 Å². The third kappa shape index (κ3) is 8.27. The topological polar surface area (TPSA) is 93.2 Å². The van der Waals surface area contributed by atoms with Gasteiger partial charge in [0.15, 0.2) is 11.7 Å². The van der Waals surface area contributed by atoms with Crippen molar-refractivity contribution in [1.29, 1.82) is 0 Å². The molecular weight excluding hydrogens is 457 g/mol. The molecule has 0 fully saturated rings. The molecule has 9 heteroatoms. The minimum Gasteiger partial charge on any atom is -0.359 e. The summed E-state index contributed by atoms with van der Waals surface area (Å²) in [5.74, 6) is 2.07. The summed E-state index contributed by atoms with van der Waals surface area (Å²) < 4.78 is 7.42. The van der Waals surface area contributed by atoms with Crippen molar-refractivity contribution in [2.24, 2.45) is 4.99 Å². The Labute approximate surface area is 178 Å². The van der Waals surface area contributed by atoms with Crippen LogP contribution in [-0.2, 0) is 13.1 Å². The molecule has 0 aromatic carbocycles. The fourth-order valence-electron chi connectivity index (χ4n) is 2.77. The van der Waals surface area contributed by atoms with Gasteiger partial charge in [-0.3, -0.25) is 0 Å². The summed E-state index contributed by atoms with van der Waals surface area (Å²) in [7, 11) is 0. The highest BCUT2D eigenvalue weighted by atomic mass is 127. The molecule has 0 amide bonds. The Morgan fingerprint density at radius 1 is 1.15 bits per heavy atom. The Kier molecular flexibility index (Phi) is 11.7. The van der Waals surface area contributed by atoms with Gasteiger partial charge in [-0.1, -0.05) is 19.0 Å². The van der Waals surface area contributed by atoms with Crippen LogP contribution < -0.4 is 10.6 Å². The van der Waals surface area contributed by atoms with Crippen LogP contribution in [0.1, 0.15) is 63.8 Å². The molecule has 0 aliphatic heterocycles. The number of guanidine groups is 1. The highest BCUT2D eigenvalue weighted by Gasteiger charge is 2.12. The molecule has 0 spiro atoms. The molecule has 2 heterocycles. The average Bonchev–Trinajstić information content (AvgIpc) is 3.32. The maximum atomic E-state index is 5.43. The van der Waals surface area contributed by atoms with E-state index in [0.717, 1.165) is 62.7 Å². The number of aliphatic imine (C=N–C) groups is 1. The van der Waals surface area contributed by atoms with Gasteiger partial charge in [-0.15, -0.1) is 34.2 Å². The van der Waals surface area contributed by atoms with Gasteiger partial charge in [0, 0.05) is 31.6 Å². The Morgan fingerprint density at radius 3 is 2.56 bits per heavy atom. The molecule has 2 N–H and O–H groups in total. The Morgan fingerprint density at radius 2 is 1.89 bits per heavy atom. The van der Waals surface area contributed by atoms with Gasteiger partial charge in [-0.05, 0) is 32.6 Å². The first-order valence-electron chi connectivity index (χ1n) is 9.56. The maximum Gasteiger partial charge on any atom is 0.191 e. The number of nitrogens with one attached hydrogen (secondary N) is 2. The quantitative estimate of drug-likeness (QED) is 0.218. The lowest BCUT2D eigenvalue weighted by Gasteiger charge is -2.10. The van der Waals surface area contributed by atoms with Crippen LogP contribution in [-0.4, -0.2) is 39.0 Å². The molecule has 2 aromatic heterocycles. The lowest BCUT2D eigenvalue weighted by atomic mass is 9.99. The average molecular weight is 489 g/mol. The van der Waals surface area contributed by atoms with Crippen molar-refractivity contribution in [1.82, 2.24) is 30.6 Å². The highest BCUT2D eigenvalue weighted by molar-refractivity contribution is 14.0. The summed E-state index contributed by atoms with van der Waals surface area (Å²) in [6.07, 6.45) is 7.74. The van der Waals surface area contributed by atoms with E-state index >= 15 is 0 Å². The first-order valence-corrected chi connectivity index (χ1v) is 9.56. The van der Waals surface area contributed by atoms with Crippen molar-refractivity contribution in [3.8, 4) is 0 Å². The Bertz CT molecular complexity index is 638. The predicted molar refractivity (Wildman–Crippen MR) is 117 cm³/mol. The SMILES string of the molecule is CCNC(=NCc1cc(C(CC)CC)no1)NCCCCn1cnnc1.I. The van der Waals surface area contributed by atoms with Crippen LogP contribution in [0, 0.1) is 0 Å². The second-order valence-corrected chi connectivity index (χ2v) is 6.26. The molecule has 0 saturated heterocycles. The zero-order chi connectivity index (χ0) is 18.6. The molecule has 152 valence electrons. The smallest absolute Gasteiger partial charge is 0.191 e. The number of aromatic nitrogens is 4. The molecule has 27 heavy (non-hydrogen) atoms. The highest BCUT2D eigenvalue weighted by Crippen LogP contribution is 2.22. The number of aryl methyl sites for hydroxylation is 1. The third-order valence-corrected chi connectivity index (χ3v) is 4.32. The van der Waals surface area contributed by atoms with Crippen molar-refractivity contribution in [2.75, 3.05) is 13.1 Å². The van der Waals surface area contributed by atoms with E-state index in [2.05, 4.69) is 51.8 Å². The van der Waals surface area contributed by atoms with Gasteiger partial charge in [0.25, 0.3) is 0 Å². The van der Waals surface area contributed by atoms with E-state index in [4.69, 9.17) is 4.52 Å². The fourth-order valence-corrected chi connectivity index (χ4v) is 2.77. The normalized spacial score (nSPS) is 11.5. The van der Waals surface area contributed by atoms with E-state index in [9.17, 15) is 0 Å². The molecule has 0 atom stereocenters. The molecule has 0 unspecified atom stereocenters. The second-order valence-electron chi connectivity index (χ2n) is 6.26. The largest absolute Gasteiger partial charge is 0.359 e. The van der Waals surface area contributed by atoms with E-state index in [-0.39, 0.29) is 24.0 Å². The Balaban J connectivity index is 0.00000364. The monoisotopic (exact) mass is 489 g/mol. The third-order valence-electron chi connectivity index (χ3n) is 4.32. The zero-order valence-electron chi connectivity index (χ0n) is 16.5. The maximum absolute atomic E-state index is 5.43. The van der Waals surface area contributed by atoms with Crippen LogP contribution in [0.3, 0.4) is 0 Å². The van der Waals surface area contributed by atoms with Gasteiger partial charge in [-0.2, -0.15) is 0 Å². The molecule has 0 aliphatic carbocycles. The van der Waals surface area contributed by atoms with Crippen molar-refractivity contribution >= 4 is 29.9 Å². The predicted octanol–water partition coefficient (Wildman–Crippen LogP) is 3.32. The minimum atomic E-state index is 0. The van der Waals surface area contributed by atoms with Gasteiger partial charge in [0.2, 0.25) is 0 Å². The van der Waals surface area contributed by atoms with Crippen LogP contribution in [0.5, 0.6) is 0 Å². The summed E-state index contributed by atoms with van der Waals surface area (Å²) in [5, 5.41) is 18.4. The van der Waals surface area contributed by atoms with Gasteiger partial charge < -0.3 is 19.7 Å². The molecule has 0 saturated carbocycles. The minimum absolute atomic E-state index is 0. The standard InChI is InChI=1S/C18H31N7O.HI/c1-4-15(5-2)17-11-16(26-24-17)12-21-18(19-6-3)20-9-7-8-10-25-13-22-23-14-25;/h11,13-15H,4-10,12H2,1-3H3,(H2,19,20,21);1H. The number of rotatable bonds is 11. The van der Waals surface area contributed by atoms with E-state index in [1.807, 2.05) is 10.6 Å².